The molecule has 4 heteroatoms. The van der Waals surface area contributed by atoms with Crippen LogP contribution in [0.2, 0.25) is 0 Å². The quantitative estimate of drug-likeness (QED) is 0.805. The normalized spacial score (nSPS) is 17.0. The molecule has 1 aromatic heterocycles. The molecule has 0 aliphatic heterocycles. The summed E-state index contributed by atoms with van der Waals surface area (Å²) < 4.78 is 1.18. The summed E-state index contributed by atoms with van der Waals surface area (Å²) in [5.41, 5.74) is 1.42. The summed E-state index contributed by atoms with van der Waals surface area (Å²) in [6.07, 6.45) is 3.56. The summed E-state index contributed by atoms with van der Waals surface area (Å²) in [5, 5.41) is 3.44. The van der Waals surface area contributed by atoms with Gasteiger partial charge in [0, 0.05) is 12.0 Å². The summed E-state index contributed by atoms with van der Waals surface area (Å²) >= 11 is 2.37. The van der Waals surface area contributed by atoms with E-state index in [1.54, 1.807) is 0 Å². The van der Waals surface area contributed by atoms with Crippen molar-refractivity contribution in [3.8, 4) is 0 Å². The fourth-order valence-corrected chi connectivity index (χ4v) is 2.94. The minimum Gasteiger partial charge on any atom is -0.369 e. The average Bonchev–Trinajstić information content (AvgIpc) is 3.06. The van der Waals surface area contributed by atoms with Crippen molar-refractivity contribution in [2.45, 2.75) is 58.3 Å². The van der Waals surface area contributed by atoms with Crippen LogP contribution in [0.25, 0.3) is 0 Å². The second kappa shape index (κ2) is 5.31. The van der Waals surface area contributed by atoms with E-state index in [1.165, 1.54) is 22.1 Å². The monoisotopic (exact) mass is 359 g/mol. The summed E-state index contributed by atoms with van der Waals surface area (Å²) in [6.45, 7) is 9.82. The molecule has 0 saturated heterocycles. The molecule has 18 heavy (non-hydrogen) atoms. The lowest BCUT2D eigenvalue weighted by atomic mass is 10.1. The molecule has 3 nitrogen and oxygen atoms in total. The van der Waals surface area contributed by atoms with Crippen LogP contribution < -0.4 is 5.32 Å². The molecule has 100 valence electrons. The van der Waals surface area contributed by atoms with Crippen LogP contribution in [0.15, 0.2) is 0 Å². The van der Waals surface area contributed by atoms with Gasteiger partial charge in [-0.1, -0.05) is 27.7 Å². The van der Waals surface area contributed by atoms with Crippen molar-refractivity contribution in [2.24, 2.45) is 0 Å². The fourth-order valence-electron chi connectivity index (χ4n) is 1.89. The third-order valence-corrected chi connectivity index (χ3v) is 4.57. The van der Waals surface area contributed by atoms with E-state index in [9.17, 15) is 0 Å². The fraction of sp³-hybridized carbons (Fsp3) is 0.714. The molecular formula is C14H22IN3. The first-order chi connectivity index (χ1) is 8.48. The maximum atomic E-state index is 4.82. The smallest absolute Gasteiger partial charge is 0.143 e. The molecule has 0 atom stereocenters. The Balaban J connectivity index is 2.41. The van der Waals surface area contributed by atoms with Crippen molar-refractivity contribution in [2.75, 3.05) is 11.9 Å². The van der Waals surface area contributed by atoms with E-state index in [0.29, 0.717) is 5.92 Å². The number of hydrogen-bond acceptors (Lipinski definition) is 3. The molecule has 1 aliphatic carbocycles. The third kappa shape index (κ3) is 2.78. The molecule has 1 saturated carbocycles. The Morgan fingerprint density at radius 1 is 1.33 bits per heavy atom. The Bertz CT molecular complexity index is 439. The van der Waals surface area contributed by atoms with Crippen molar-refractivity contribution in [1.29, 1.82) is 0 Å². The van der Waals surface area contributed by atoms with Gasteiger partial charge in [0.05, 0.1) is 9.26 Å². The summed E-state index contributed by atoms with van der Waals surface area (Å²) in [5.74, 6) is 2.51. The second-order valence-corrected chi connectivity index (χ2v) is 6.82. The Morgan fingerprint density at radius 3 is 2.50 bits per heavy atom. The third-order valence-electron chi connectivity index (χ3n) is 3.51. The number of nitrogens with one attached hydrogen (secondary N) is 1. The van der Waals surface area contributed by atoms with Gasteiger partial charge in [-0.15, -0.1) is 0 Å². The van der Waals surface area contributed by atoms with E-state index in [2.05, 4.69) is 55.6 Å². The van der Waals surface area contributed by atoms with Crippen LogP contribution in [0.3, 0.4) is 0 Å². The van der Waals surface area contributed by atoms with Gasteiger partial charge >= 0.3 is 0 Å². The maximum absolute atomic E-state index is 4.82. The van der Waals surface area contributed by atoms with Gasteiger partial charge in [0.15, 0.2) is 0 Å². The van der Waals surface area contributed by atoms with Gasteiger partial charge in [0.25, 0.3) is 0 Å². The molecule has 2 rings (SSSR count). The summed E-state index contributed by atoms with van der Waals surface area (Å²) in [6, 6.07) is 0. The van der Waals surface area contributed by atoms with Gasteiger partial charge in [0.1, 0.15) is 11.6 Å². The first kappa shape index (κ1) is 14.0. The van der Waals surface area contributed by atoms with E-state index in [4.69, 9.17) is 9.97 Å². The minimum absolute atomic E-state index is 0.233. The molecule has 1 aliphatic rings. The zero-order chi connectivity index (χ0) is 13.3. The van der Waals surface area contributed by atoms with E-state index in [0.717, 1.165) is 24.6 Å². The van der Waals surface area contributed by atoms with Crippen molar-refractivity contribution < 1.29 is 0 Å². The Labute approximate surface area is 123 Å². The zero-order valence-electron chi connectivity index (χ0n) is 11.7. The largest absolute Gasteiger partial charge is 0.369 e. The lowest BCUT2D eigenvalue weighted by molar-refractivity contribution is 0.680. The molecule has 1 fully saturated rings. The lowest BCUT2D eigenvalue weighted by Crippen LogP contribution is -2.15. The molecule has 0 spiro atoms. The van der Waals surface area contributed by atoms with E-state index < -0.39 is 0 Å². The molecule has 0 radical (unpaired) electrons. The van der Waals surface area contributed by atoms with E-state index >= 15 is 0 Å². The minimum atomic E-state index is 0.233. The summed E-state index contributed by atoms with van der Waals surface area (Å²) in [7, 11) is 0. The standard InChI is InChI=1S/C14H22IN3/c1-5-8-16-12-10(15)11(9(2)3)17-13(18-12)14(4)6-7-14/h9H,5-8H2,1-4H3,(H,16,17,18). The van der Waals surface area contributed by atoms with Gasteiger partial charge in [-0.3, -0.25) is 0 Å². The van der Waals surface area contributed by atoms with E-state index in [1.807, 2.05) is 0 Å². The zero-order valence-corrected chi connectivity index (χ0v) is 13.8. The van der Waals surface area contributed by atoms with Gasteiger partial charge in [-0.25, -0.2) is 9.97 Å². The van der Waals surface area contributed by atoms with Gasteiger partial charge in [-0.05, 0) is 47.8 Å². The Kier molecular flexibility index (Phi) is 4.14. The van der Waals surface area contributed by atoms with Crippen molar-refractivity contribution >= 4 is 28.4 Å². The number of anilines is 1. The van der Waals surface area contributed by atoms with Gasteiger partial charge in [0.2, 0.25) is 0 Å². The average molecular weight is 359 g/mol. The first-order valence-electron chi connectivity index (χ1n) is 6.79. The topological polar surface area (TPSA) is 37.8 Å². The van der Waals surface area contributed by atoms with Crippen LogP contribution in [0.4, 0.5) is 5.82 Å². The Morgan fingerprint density at radius 2 is 2.00 bits per heavy atom. The van der Waals surface area contributed by atoms with Crippen molar-refractivity contribution in [3.05, 3.63) is 15.1 Å². The van der Waals surface area contributed by atoms with Crippen LogP contribution in [0.5, 0.6) is 0 Å². The first-order valence-corrected chi connectivity index (χ1v) is 7.87. The highest BCUT2D eigenvalue weighted by atomic mass is 127. The highest BCUT2D eigenvalue weighted by molar-refractivity contribution is 14.1. The van der Waals surface area contributed by atoms with Crippen molar-refractivity contribution in [1.82, 2.24) is 9.97 Å². The van der Waals surface area contributed by atoms with E-state index in [-0.39, 0.29) is 5.41 Å². The molecule has 1 aromatic rings. The highest BCUT2D eigenvalue weighted by Crippen LogP contribution is 2.46. The highest BCUT2D eigenvalue weighted by Gasteiger charge is 2.42. The SMILES string of the molecule is CCCNc1nc(C2(C)CC2)nc(C(C)C)c1I. The van der Waals surface area contributed by atoms with Crippen LogP contribution >= 0.6 is 22.6 Å². The second-order valence-electron chi connectivity index (χ2n) is 5.74. The molecule has 0 unspecified atom stereocenters. The molecule has 0 aromatic carbocycles. The van der Waals surface area contributed by atoms with Crippen molar-refractivity contribution in [3.63, 3.8) is 0 Å². The molecular weight excluding hydrogens is 337 g/mol. The van der Waals surface area contributed by atoms with Crippen LogP contribution in [0, 0.1) is 3.57 Å². The van der Waals surface area contributed by atoms with Gasteiger partial charge in [-0.2, -0.15) is 0 Å². The number of aromatic nitrogens is 2. The van der Waals surface area contributed by atoms with Crippen LogP contribution in [-0.4, -0.2) is 16.5 Å². The molecule has 0 bridgehead atoms. The van der Waals surface area contributed by atoms with Crippen LogP contribution in [-0.2, 0) is 5.41 Å². The van der Waals surface area contributed by atoms with Crippen LogP contribution in [0.1, 0.15) is 64.4 Å². The lowest BCUT2D eigenvalue weighted by Gasteiger charge is -2.17. The summed E-state index contributed by atoms with van der Waals surface area (Å²) in [4.78, 5) is 9.57. The number of hydrogen-bond donors (Lipinski definition) is 1. The predicted octanol–water partition coefficient (Wildman–Crippen LogP) is 4.08. The molecule has 0 amide bonds. The predicted molar refractivity (Wildman–Crippen MR) is 84.2 cm³/mol. The number of nitrogens with zero attached hydrogens (tertiary/aromatic N) is 2. The Hall–Kier alpha value is -0.390. The maximum Gasteiger partial charge on any atom is 0.143 e. The molecule has 1 heterocycles. The number of rotatable bonds is 5. The number of halogens is 1. The van der Waals surface area contributed by atoms with Gasteiger partial charge < -0.3 is 5.32 Å². The molecule has 1 N–H and O–H groups in total.